The Balaban J connectivity index is 1.48. The van der Waals surface area contributed by atoms with Gasteiger partial charge in [0, 0.05) is 17.5 Å². The van der Waals surface area contributed by atoms with E-state index in [9.17, 15) is 4.79 Å². The number of ether oxygens (including phenoxy) is 2. The van der Waals surface area contributed by atoms with Gasteiger partial charge < -0.3 is 19.3 Å². The molecule has 27 heavy (non-hydrogen) atoms. The number of aryl methyl sites for hydroxylation is 2. The Kier molecular flexibility index (Phi) is 4.81. The summed E-state index contributed by atoms with van der Waals surface area (Å²) in [5.74, 6) is 2.34. The lowest BCUT2D eigenvalue weighted by atomic mass is 9.78. The average Bonchev–Trinajstić information content (AvgIpc) is 3.29. The fourth-order valence-corrected chi connectivity index (χ4v) is 4.24. The van der Waals surface area contributed by atoms with Gasteiger partial charge in [0.2, 0.25) is 5.91 Å². The Hall–Kier alpha value is -2.50. The second-order valence-electron chi connectivity index (χ2n) is 7.60. The van der Waals surface area contributed by atoms with E-state index in [1.807, 2.05) is 19.9 Å². The molecule has 144 valence electrons. The molecule has 0 bridgehead atoms. The monoisotopic (exact) mass is 370 g/mol. The molecule has 0 radical (unpaired) electrons. The van der Waals surface area contributed by atoms with Crippen LogP contribution in [0.25, 0.3) is 0 Å². The zero-order valence-corrected chi connectivity index (χ0v) is 16.0. The van der Waals surface area contributed by atoms with Crippen molar-refractivity contribution in [3.8, 4) is 11.5 Å². The third kappa shape index (κ3) is 3.53. The first kappa shape index (κ1) is 17.9. The van der Waals surface area contributed by atoms with E-state index in [0.717, 1.165) is 35.6 Å². The first-order chi connectivity index (χ1) is 13.1. The Bertz CT molecular complexity index is 817. The second kappa shape index (κ2) is 7.25. The Morgan fingerprint density at radius 3 is 2.59 bits per heavy atom. The normalized spacial score (nSPS) is 17.7. The number of rotatable bonds is 5. The van der Waals surface area contributed by atoms with E-state index in [1.54, 1.807) is 0 Å². The molecule has 2 heterocycles. The topological polar surface area (TPSA) is 73.6 Å². The van der Waals surface area contributed by atoms with Crippen LogP contribution in [0.3, 0.4) is 0 Å². The van der Waals surface area contributed by atoms with Crippen molar-refractivity contribution in [1.82, 2.24) is 10.5 Å². The van der Waals surface area contributed by atoms with Gasteiger partial charge in [-0.25, -0.2) is 0 Å². The Labute approximate surface area is 159 Å². The van der Waals surface area contributed by atoms with Gasteiger partial charge in [-0.1, -0.05) is 24.1 Å². The highest BCUT2D eigenvalue weighted by molar-refractivity contribution is 5.79. The minimum absolute atomic E-state index is 0.00761. The van der Waals surface area contributed by atoms with Crippen molar-refractivity contribution in [2.45, 2.75) is 51.4 Å². The molecular weight excluding hydrogens is 344 g/mol. The highest BCUT2D eigenvalue weighted by Crippen LogP contribution is 2.43. The van der Waals surface area contributed by atoms with Crippen LogP contribution in [0.4, 0.5) is 0 Å². The zero-order chi connectivity index (χ0) is 18.9. The molecule has 1 saturated carbocycles. The summed E-state index contributed by atoms with van der Waals surface area (Å²) >= 11 is 0. The minimum atomic E-state index is -0.0375. The number of amides is 1. The van der Waals surface area contributed by atoms with Crippen molar-refractivity contribution >= 4 is 5.91 Å². The molecule has 6 nitrogen and oxygen atoms in total. The molecule has 1 aromatic carbocycles. The number of carbonyl (C=O) groups is 1. The van der Waals surface area contributed by atoms with Crippen LogP contribution in [0.1, 0.15) is 48.3 Å². The molecule has 0 spiro atoms. The van der Waals surface area contributed by atoms with E-state index in [0.29, 0.717) is 31.9 Å². The maximum absolute atomic E-state index is 12.6. The van der Waals surface area contributed by atoms with Gasteiger partial charge in [0.05, 0.1) is 12.1 Å². The molecule has 0 saturated heterocycles. The summed E-state index contributed by atoms with van der Waals surface area (Å²) in [6.07, 6.45) is 4.79. The van der Waals surface area contributed by atoms with Crippen LogP contribution >= 0.6 is 0 Å². The van der Waals surface area contributed by atoms with Crippen molar-refractivity contribution < 1.29 is 18.8 Å². The van der Waals surface area contributed by atoms with Gasteiger partial charge >= 0.3 is 0 Å². The van der Waals surface area contributed by atoms with Crippen molar-refractivity contribution in [2.24, 2.45) is 0 Å². The summed E-state index contributed by atoms with van der Waals surface area (Å²) in [6.45, 7) is 5.52. The molecule has 1 amide bonds. The van der Waals surface area contributed by atoms with Gasteiger partial charge in [-0.15, -0.1) is 0 Å². The van der Waals surface area contributed by atoms with Crippen LogP contribution in [0.15, 0.2) is 22.7 Å². The minimum Gasteiger partial charge on any atom is -0.486 e. The Morgan fingerprint density at radius 2 is 1.89 bits per heavy atom. The van der Waals surface area contributed by atoms with E-state index in [2.05, 4.69) is 22.6 Å². The molecule has 1 fully saturated rings. The SMILES string of the molecule is Cc1noc(C)c1CC(=O)NCC1(c2ccc3c(c2)OCCO3)CCCC1. The molecule has 1 aliphatic heterocycles. The van der Waals surface area contributed by atoms with Gasteiger partial charge in [-0.3, -0.25) is 4.79 Å². The first-order valence-corrected chi connectivity index (χ1v) is 9.66. The third-order valence-corrected chi connectivity index (χ3v) is 5.86. The van der Waals surface area contributed by atoms with Gasteiger partial charge in [-0.2, -0.15) is 0 Å². The van der Waals surface area contributed by atoms with Crippen LogP contribution < -0.4 is 14.8 Å². The predicted molar refractivity (Wildman–Crippen MR) is 100 cm³/mol. The first-order valence-electron chi connectivity index (χ1n) is 9.66. The van der Waals surface area contributed by atoms with Crippen LogP contribution in [0.5, 0.6) is 11.5 Å². The summed E-state index contributed by atoms with van der Waals surface area (Å²) in [5, 5.41) is 7.08. The van der Waals surface area contributed by atoms with Crippen LogP contribution in [-0.2, 0) is 16.6 Å². The van der Waals surface area contributed by atoms with Gasteiger partial charge in [0.15, 0.2) is 11.5 Å². The molecular formula is C21H26N2O4. The van der Waals surface area contributed by atoms with Gasteiger partial charge in [-0.05, 0) is 44.4 Å². The Morgan fingerprint density at radius 1 is 1.15 bits per heavy atom. The summed E-state index contributed by atoms with van der Waals surface area (Å²) in [6, 6.07) is 6.22. The fraction of sp³-hybridized carbons (Fsp3) is 0.524. The number of fused-ring (bicyclic) bond motifs is 1. The van der Waals surface area contributed by atoms with Crippen molar-refractivity contribution in [3.63, 3.8) is 0 Å². The largest absolute Gasteiger partial charge is 0.486 e. The van der Waals surface area contributed by atoms with Crippen LogP contribution in [0.2, 0.25) is 0 Å². The lowest BCUT2D eigenvalue weighted by Crippen LogP contribution is -2.39. The third-order valence-electron chi connectivity index (χ3n) is 5.86. The summed E-state index contributed by atoms with van der Waals surface area (Å²) in [7, 11) is 0. The average molecular weight is 370 g/mol. The van der Waals surface area contributed by atoms with E-state index >= 15 is 0 Å². The highest BCUT2D eigenvalue weighted by atomic mass is 16.6. The van der Waals surface area contributed by atoms with Crippen molar-refractivity contribution in [3.05, 3.63) is 40.8 Å². The van der Waals surface area contributed by atoms with Gasteiger partial charge in [0.25, 0.3) is 0 Å². The lowest BCUT2D eigenvalue weighted by molar-refractivity contribution is -0.120. The number of benzene rings is 1. The number of nitrogens with one attached hydrogen (secondary N) is 1. The molecule has 1 aliphatic carbocycles. The zero-order valence-electron chi connectivity index (χ0n) is 16.0. The predicted octanol–water partition coefficient (Wildman–Crippen LogP) is 3.23. The van der Waals surface area contributed by atoms with Crippen LogP contribution in [0, 0.1) is 13.8 Å². The number of aromatic nitrogens is 1. The van der Waals surface area contributed by atoms with E-state index < -0.39 is 0 Å². The molecule has 2 aromatic rings. The van der Waals surface area contributed by atoms with E-state index in [4.69, 9.17) is 14.0 Å². The molecule has 0 atom stereocenters. The molecule has 4 rings (SSSR count). The fourth-order valence-electron chi connectivity index (χ4n) is 4.24. The number of hydrogen-bond donors (Lipinski definition) is 1. The molecule has 2 aliphatic rings. The van der Waals surface area contributed by atoms with Crippen LogP contribution in [-0.4, -0.2) is 30.8 Å². The summed E-state index contributed by atoms with van der Waals surface area (Å²) < 4.78 is 16.6. The molecule has 1 N–H and O–H groups in total. The smallest absolute Gasteiger partial charge is 0.224 e. The van der Waals surface area contributed by atoms with E-state index in [-0.39, 0.29) is 11.3 Å². The van der Waals surface area contributed by atoms with Gasteiger partial charge in [0.1, 0.15) is 19.0 Å². The quantitative estimate of drug-likeness (QED) is 0.875. The lowest BCUT2D eigenvalue weighted by Gasteiger charge is -2.31. The van der Waals surface area contributed by atoms with Crippen molar-refractivity contribution in [1.29, 1.82) is 0 Å². The van der Waals surface area contributed by atoms with Crippen molar-refractivity contribution in [2.75, 3.05) is 19.8 Å². The highest BCUT2D eigenvalue weighted by Gasteiger charge is 2.37. The second-order valence-corrected chi connectivity index (χ2v) is 7.60. The number of carbonyl (C=O) groups excluding carboxylic acids is 1. The summed E-state index contributed by atoms with van der Waals surface area (Å²) in [5.41, 5.74) is 2.85. The van der Waals surface area contributed by atoms with E-state index in [1.165, 1.54) is 18.4 Å². The maximum Gasteiger partial charge on any atom is 0.224 e. The molecule has 0 unspecified atom stereocenters. The number of hydrogen-bond acceptors (Lipinski definition) is 5. The maximum atomic E-state index is 12.6. The molecule has 1 aromatic heterocycles. The number of nitrogens with zero attached hydrogens (tertiary/aromatic N) is 1. The standard InChI is InChI=1S/C21H26N2O4/c1-14-17(15(2)27-23-14)12-20(24)22-13-21(7-3-4-8-21)16-5-6-18-19(11-16)26-10-9-25-18/h5-6,11H,3-4,7-10,12-13H2,1-2H3,(H,22,24). The molecule has 6 heteroatoms. The summed E-state index contributed by atoms with van der Waals surface area (Å²) in [4.78, 5) is 12.6.